The van der Waals surface area contributed by atoms with Crippen molar-refractivity contribution in [3.63, 3.8) is 0 Å². The summed E-state index contributed by atoms with van der Waals surface area (Å²) in [6.45, 7) is 0. The average Bonchev–Trinajstić information content (AvgIpc) is 2.69. The van der Waals surface area contributed by atoms with Crippen LogP contribution in [0.25, 0.3) is 0 Å². The van der Waals surface area contributed by atoms with E-state index in [9.17, 15) is 19.7 Å². The minimum absolute atomic E-state index is 0.105. The number of hydrogen-bond donors (Lipinski definition) is 3. The molecule has 0 atom stereocenters. The summed E-state index contributed by atoms with van der Waals surface area (Å²) in [5.41, 5.74) is 1.26. The van der Waals surface area contributed by atoms with Crippen molar-refractivity contribution in [1.29, 1.82) is 0 Å². The summed E-state index contributed by atoms with van der Waals surface area (Å²) in [6.07, 6.45) is 5.55. The normalized spacial score (nSPS) is 14.1. The molecule has 8 heteroatoms. The standard InChI is InChI=1S/C20H22N4O4/c25-19(21-15-5-2-1-3-6-15)14-9-11-16(12-10-14)22-20(26)23-17-7-4-8-18(13-17)24(27)28/h4,7-13,15H,1-3,5-6H2,(H,21,25)(H2,22,23,26). The van der Waals surface area contributed by atoms with E-state index in [-0.39, 0.29) is 17.6 Å². The Balaban J connectivity index is 1.54. The number of carbonyl (C=O) groups is 2. The summed E-state index contributed by atoms with van der Waals surface area (Å²) >= 11 is 0. The molecule has 0 aliphatic heterocycles. The molecular weight excluding hydrogens is 360 g/mol. The molecule has 0 heterocycles. The van der Waals surface area contributed by atoms with Gasteiger partial charge in [-0.2, -0.15) is 0 Å². The van der Waals surface area contributed by atoms with Crippen molar-refractivity contribution < 1.29 is 14.5 Å². The second kappa shape index (κ2) is 8.98. The van der Waals surface area contributed by atoms with Gasteiger partial charge in [0.05, 0.1) is 4.92 Å². The molecule has 2 aromatic rings. The molecule has 146 valence electrons. The fourth-order valence-corrected chi connectivity index (χ4v) is 3.21. The number of carbonyl (C=O) groups excluding carboxylic acids is 2. The number of rotatable bonds is 5. The summed E-state index contributed by atoms with van der Waals surface area (Å²) in [4.78, 5) is 34.6. The monoisotopic (exact) mass is 382 g/mol. The number of nitrogens with zero attached hydrogens (tertiary/aromatic N) is 1. The van der Waals surface area contributed by atoms with Crippen LogP contribution in [-0.4, -0.2) is 22.9 Å². The number of urea groups is 1. The lowest BCUT2D eigenvalue weighted by molar-refractivity contribution is -0.384. The van der Waals surface area contributed by atoms with Crippen molar-refractivity contribution >= 4 is 29.0 Å². The summed E-state index contributed by atoms with van der Waals surface area (Å²) in [7, 11) is 0. The number of hydrogen-bond acceptors (Lipinski definition) is 4. The molecule has 3 N–H and O–H groups in total. The SMILES string of the molecule is O=C(Nc1ccc(C(=O)NC2CCCCC2)cc1)Nc1cccc([N+](=O)[O-])c1. The molecule has 0 radical (unpaired) electrons. The number of non-ortho nitro benzene ring substituents is 1. The van der Waals surface area contributed by atoms with Crippen molar-refractivity contribution in [2.75, 3.05) is 10.6 Å². The lowest BCUT2D eigenvalue weighted by atomic mass is 9.95. The van der Waals surface area contributed by atoms with Gasteiger partial charge in [-0.05, 0) is 43.2 Å². The first-order chi connectivity index (χ1) is 13.5. The van der Waals surface area contributed by atoms with Gasteiger partial charge in [0.2, 0.25) is 0 Å². The molecule has 3 amide bonds. The van der Waals surface area contributed by atoms with E-state index in [2.05, 4.69) is 16.0 Å². The number of nitro benzene ring substituents is 1. The highest BCUT2D eigenvalue weighted by Crippen LogP contribution is 2.19. The summed E-state index contributed by atoms with van der Waals surface area (Å²) in [5, 5.41) is 19.0. The Bertz CT molecular complexity index is 861. The van der Waals surface area contributed by atoms with Gasteiger partial charge in [-0.3, -0.25) is 14.9 Å². The van der Waals surface area contributed by atoms with Crippen molar-refractivity contribution in [2.45, 2.75) is 38.1 Å². The highest BCUT2D eigenvalue weighted by Gasteiger charge is 2.16. The van der Waals surface area contributed by atoms with Gasteiger partial charge in [-0.1, -0.05) is 25.3 Å². The molecule has 8 nitrogen and oxygen atoms in total. The fraction of sp³-hybridized carbons (Fsp3) is 0.300. The molecule has 0 spiro atoms. The van der Waals surface area contributed by atoms with Crippen molar-refractivity contribution in [1.82, 2.24) is 5.32 Å². The van der Waals surface area contributed by atoms with E-state index in [0.29, 0.717) is 16.9 Å². The minimum atomic E-state index is -0.528. The molecule has 1 aliphatic rings. The van der Waals surface area contributed by atoms with Gasteiger partial charge < -0.3 is 16.0 Å². The Morgan fingerprint density at radius 3 is 2.29 bits per heavy atom. The van der Waals surface area contributed by atoms with E-state index in [1.54, 1.807) is 30.3 Å². The van der Waals surface area contributed by atoms with E-state index < -0.39 is 11.0 Å². The van der Waals surface area contributed by atoms with E-state index in [1.165, 1.54) is 24.6 Å². The maximum absolute atomic E-state index is 12.3. The van der Waals surface area contributed by atoms with Crippen molar-refractivity contribution in [3.8, 4) is 0 Å². The van der Waals surface area contributed by atoms with Gasteiger partial charge in [-0.25, -0.2) is 4.79 Å². The molecule has 3 rings (SSSR count). The van der Waals surface area contributed by atoms with E-state index in [4.69, 9.17) is 0 Å². The number of benzene rings is 2. The van der Waals surface area contributed by atoms with E-state index in [0.717, 1.165) is 25.7 Å². The zero-order valence-electron chi connectivity index (χ0n) is 15.3. The van der Waals surface area contributed by atoms with Gasteiger partial charge in [-0.15, -0.1) is 0 Å². The Kier molecular flexibility index (Phi) is 6.21. The zero-order chi connectivity index (χ0) is 19.9. The van der Waals surface area contributed by atoms with Crippen LogP contribution in [0, 0.1) is 10.1 Å². The summed E-state index contributed by atoms with van der Waals surface area (Å²) in [6, 6.07) is 12.0. The first kappa shape index (κ1) is 19.3. The Labute approximate surface area is 162 Å². The molecule has 1 fully saturated rings. The predicted molar refractivity (Wildman–Crippen MR) is 107 cm³/mol. The van der Waals surface area contributed by atoms with E-state index in [1.807, 2.05) is 0 Å². The van der Waals surface area contributed by atoms with Gasteiger partial charge >= 0.3 is 6.03 Å². The summed E-state index contributed by atoms with van der Waals surface area (Å²) in [5.74, 6) is -0.112. The van der Waals surface area contributed by atoms with Crippen LogP contribution in [0.3, 0.4) is 0 Å². The molecule has 1 saturated carbocycles. The molecule has 0 unspecified atom stereocenters. The first-order valence-corrected chi connectivity index (χ1v) is 9.24. The van der Waals surface area contributed by atoms with Crippen LogP contribution in [-0.2, 0) is 0 Å². The topological polar surface area (TPSA) is 113 Å². The number of nitro groups is 1. The van der Waals surface area contributed by atoms with Crippen LogP contribution < -0.4 is 16.0 Å². The molecule has 1 aliphatic carbocycles. The van der Waals surface area contributed by atoms with Crippen LogP contribution in [0.15, 0.2) is 48.5 Å². The minimum Gasteiger partial charge on any atom is -0.349 e. The van der Waals surface area contributed by atoms with Crippen molar-refractivity contribution in [3.05, 3.63) is 64.2 Å². The second-order valence-electron chi connectivity index (χ2n) is 6.77. The lowest BCUT2D eigenvalue weighted by Gasteiger charge is -2.22. The van der Waals surface area contributed by atoms with Crippen LogP contribution in [0.4, 0.5) is 21.9 Å². The largest absolute Gasteiger partial charge is 0.349 e. The third-order valence-electron chi connectivity index (χ3n) is 4.66. The molecule has 0 aromatic heterocycles. The molecule has 0 bridgehead atoms. The maximum atomic E-state index is 12.3. The first-order valence-electron chi connectivity index (χ1n) is 9.24. The Morgan fingerprint density at radius 2 is 1.61 bits per heavy atom. The van der Waals surface area contributed by atoms with Crippen LogP contribution in [0.5, 0.6) is 0 Å². The quantitative estimate of drug-likeness (QED) is 0.528. The smallest absolute Gasteiger partial charge is 0.323 e. The van der Waals surface area contributed by atoms with Gasteiger partial charge in [0, 0.05) is 35.1 Å². The zero-order valence-corrected chi connectivity index (χ0v) is 15.3. The lowest BCUT2D eigenvalue weighted by Crippen LogP contribution is -2.36. The van der Waals surface area contributed by atoms with E-state index >= 15 is 0 Å². The number of anilines is 2. The molecule has 28 heavy (non-hydrogen) atoms. The van der Waals surface area contributed by atoms with Crippen molar-refractivity contribution in [2.24, 2.45) is 0 Å². The third kappa shape index (κ3) is 5.29. The highest BCUT2D eigenvalue weighted by atomic mass is 16.6. The van der Waals surface area contributed by atoms with Gasteiger partial charge in [0.15, 0.2) is 0 Å². The van der Waals surface area contributed by atoms with Gasteiger partial charge in [0.25, 0.3) is 11.6 Å². The fourth-order valence-electron chi connectivity index (χ4n) is 3.21. The van der Waals surface area contributed by atoms with Crippen LogP contribution in [0.2, 0.25) is 0 Å². The molecule has 2 aromatic carbocycles. The molecular formula is C20H22N4O4. The third-order valence-corrected chi connectivity index (χ3v) is 4.66. The average molecular weight is 382 g/mol. The van der Waals surface area contributed by atoms with Crippen LogP contribution in [0.1, 0.15) is 42.5 Å². The Morgan fingerprint density at radius 1 is 0.929 bits per heavy atom. The summed E-state index contributed by atoms with van der Waals surface area (Å²) < 4.78 is 0. The van der Waals surface area contributed by atoms with Crippen LogP contribution >= 0.6 is 0 Å². The van der Waals surface area contributed by atoms with Gasteiger partial charge in [0.1, 0.15) is 0 Å². The maximum Gasteiger partial charge on any atom is 0.323 e. The predicted octanol–water partition coefficient (Wildman–Crippen LogP) is 4.30. The number of amides is 3. The molecule has 0 saturated heterocycles. The number of nitrogens with one attached hydrogen (secondary N) is 3. The second-order valence-corrected chi connectivity index (χ2v) is 6.77. The highest BCUT2D eigenvalue weighted by molar-refractivity contribution is 6.00. The Hall–Kier alpha value is -3.42.